The highest BCUT2D eigenvalue weighted by molar-refractivity contribution is 9.10. The third-order valence-corrected chi connectivity index (χ3v) is 3.81. The van der Waals surface area contributed by atoms with E-state index in [0.717, 1.165) is 4.90 Å². The minimum absolute atomic E-state index is 0.0486. The van der Waals surface area contributed by atoms with Crippen molar-refractivity contribution in [1.29, 1.82) is 0 Å². The first-order chi connectivity index (χ1) is 8.87. The minimum atomic E-state index is -3.40. The third kappa shape index (κ3) is 3.48. The predicted octanol–water partition coefficient (Wildman–Crippen LogP) is 3.64. The van der Waals surface area contributed by atoms with E-state index >= 15 is 0 Å². The molecule has 1 aliphatic heterocycles. The first-order valence-electron chi connectivity index (χ1n) is 6.44. The fraction of sp³-hybridized carbons (Fsp3) is 0.846. The van der Waals surface area contributed by atoms with Gasteiger partial charge in [-0.3, -0.25) is 4.79 Å². The van der Waals surface area contributed by atoms with Crippen molar-refractivity contribution in [3.05, 3.63) is 0 Å². The number of carbonyl (C=O) groups excluding carboxylic acids is 2. The molecule has 0 unspecified atom stereocenters. The molecule has 0 N–H and O–H groups in total. The van der Waals surface area contributed by atoms with Crippen molar-refractivity contribution in [3.8, 4) is 0 Å². The standard InChI is InChI=1S/C13H20BrF2NO3/c1-7(2)8-6-20-11(19)17(8)10(18)9(12(3,4)5)13(14,15)16/h7-9H,6H2,1-5H3/t8-,9-/m1/s1. The van der Waals surface area contributed by atoms with Crippen LogP contribution in [0.25, 0.3) is 0 Å². The van der Waals surface area contributed by atoms with Crippen LogP contribution in [0.5, 0.6) is 0 Å². The van der Waals surface area contributed by atoms with Crippen LogP contribution in [-0.2, 0) is 9.53 Å². The molecule has 1 fully saturated rings. The maximum Gasteiger partial charge on any atom is 0.416 e. The molecule has 2 atom stereocenters. The van der Waals surface area contributed by atoms with Gasteiger partial charge in [0.15, 0.2) is 0 Å². The molecule has 0 spiro atoms. The van der Waals surface area contributed by atoms with Crippen molar-refractivity contribution in [3.63, 3.8) is 0 Å². The molecular formula is C13H20BrF2NO3. The van der Waals surface area contributed by atoms with Crippen LogP contribution in [0.15, 0.2) is 0 Å². The Bertz CT molecular complexity index is 387. The number of imide groups is 1. The van der Waals surface area contributed by atoms with Gasteiger partial charge in [0, 0.05) is 0 Å². The number of hydrogen-bond donors (Lipinski definition) is 0. The average Bonchev–Trinajstić information content (AvgIpc) is 2.55. The van der Waals surface area contributed by atoms with Crippen LogP contribution in [0, 0.1) is 17.3 Å². The topological polar surface area (TPSA) is 46.6 Å². The van der Waals surface area contributed by atoms with Crippen molar-refractivity contribution < 1.29 is 23.1 Å². The van der Waals surface area contributed by atoms with Gasteiger partial charge in [0.25, 0.3) is 0 Å². The largest absolute Gasteiger partial charge is 0.447 e. The molecule has 116 valence electrons. The SMILES string of the molecule is CC(C)[C@H]1COC(=O)N1C(=O)[C@H](C(C)(C)C)C(F)(F)Br. The Kier molecular flexibility index (Phi) is 4.83. The molecule has 1 aliphatic rings. The molecule has 20 heavy (non-hydrogen) atoms. The van der Waals surface area contributed by atoms with Crippen LogP contribution in [0.3, 0.4) is 0 Å². The molecule has 4 nitrogen and oxygen atoms in total. The van der Waals surface area contributed by atoms with Gasteiger partial charge >= 0.3 is 10.9 Å². The molecule has 0 aromatic carbocycles. The molecule has 0 saturated carbocycles. The number of halogens is 3. The highest BCUT2D eigenvalue weighted by atomic mass is 79.9. The Morgan fingerprint density at radius 1 is 1.40 bits per heavy atom. The summed E-state index contributed by atoms with van der Waals surface area (Å²) in [7, 11) is 0. The fourth-order valence-corrected chi connectivity index (χ4v) is 3.20. The van der Waals surface area contributed by atoms with Crippen molar-refractivity contribution in [1.82, 2.24) is 4.90 Å². The van der Waals surface area contributed by atoms with Gasteiger partial charge in [0.05, 0.1) is 6.04 Å². The third-order valence-electron chi connectivity index (χ3n) is 3.35. The quantitative estimate of drug-likeness (QED) is 0.726. The van der Waals surface area contributed by atoms with Gasteiger partial charge in [-0.1, -0.05) is 34.6 Å². The Balaban J connectivity index is 3.15. The summed E-state index contributed by atoms with van der Waals surface area (Å²) in [5.41, 5.74) is -1.01. The Morgan fingerprint density at radius 2 is 1.90 bits per heavy atom. The van der Waals surface area contributed by atoms with E-state index in [-0.39, 0.29) is 12.5 Å². The Labute approximate surface area is 126 Å². The lowest BCUT2D eigenvalue weighted by atomic mass is 9.79. The Hall–Kier alpha value is -0.720. The van der Waals surface area contributed by atoms with Crippen LogP contribution >= 0.6 is 15.9 Å². The van der Waals surface area contributed by atoms with Gasteiger partial charge in [0.1, 0.15) is 12.5 Å². The summed E-state index contributed by atoms with van der Waals surface area (Å²) in [6, 6.07) is -0.505. The molecule has 0 bridgehead atoms. The predicted molar refractivity (Wildman–Crippen MR) is 73.6 cm³/mol. The first-order valence-corrected chi connectivity index (χ1v) is 7.23. The number of amides is 2. The molecular weight excluding hydrogens is 336 g/mol. The van der Waals surface area contributed by atoms with Gasteiger partial charge in [-0.05, 0) is 27.3 Å². The number of hydrogen-bond acceptors (Lipinski definition) is 3. The number of carbonyl (C=O) groups is 2. The molecule has 2 amide bonds. The summed E-state index contributed by atoms with van der Waals surface area (Å²) < 4.78 is 32.4. The Morgan fingerprint density at radius 3 is 2.25 bits per heavy atom. The number of alkyl halides is 3. The summed E-state index contributed by atoms with van der Waals surface area (Å²) in [6.07, 6.45) is -0.847. The van der Waals surface area contributed by atoms with E-state index in [9.17, 15) is 18.4 Å². The van der Waals surface area contributed by atoms with Gasteiger partial charge in [0.2, 0.25) is 5.91 Å². The molecule has 0 aromatic heterocycles. The highest BCUT2D eigenvalue weighted by Gasteiger charge is 2.54. The molecule has 1 saturated heterocycles. The van der Waals surface area contributed by atoms with Gasteiger partial charge in [-0.15, -0.1) is 0 Å². The monoisotopic (exact) mass is 355 g/mol. The van der Waals surface area contributed by atoms with E-state index in [0.29, 0.717) is 0 Å². The summed E-state index contributed by atoms with van der Waals surface area (Å²) >= 11 is 2.27. The summed E-state index contributed by atoms with van der Waals surface area (Å²) in [5, 5.41) is 0. The molecule has 1 heterocycles. The van der Waals surface area contributed by atoms with E-state index in [2.05, 4.69) is 15.9 Å². The number of nitrogens with zero attached hydrogens (tertiary/aromatic N) is 1. The van der Waals surface area contributed by atoms with E-state index in [1.54, 1.807) is 0 Å². The summed E-state index contributed by atoms with van der Waals surface area (Å²) in [6.45, 7) is 8.28. The van der Waals surface area contributed by atoms with Crippen LogP contribution in [0.4, 0.5) is 13.6 Å². The van der Waals surface area contributed by atoms with E-state index in [4.69, 9.17) is 4.74 Å². The number of ether oxygens (including phenoxy) is 1. The van der Waals surface area contributed by atoms with E-state index in [1.165, 1.54) is 20.8 Å². The van der Waals surface area contributed by atoms with Gasteiger partial charge < -0.3 is 4.74 Å². The van der Waals surface area contributed by atoms with E-state index in [1.807, 2.05) is 13.8 Å². The molecule has 7 heteroatoms. The molecule has 0 aromatic rings. The van der Waals surface area contributed by atoms with Gasteiger partial charge in [-0.2, -0.15) is 8.78 Å². The molecule has 0 radical (unpaired) electrons. The zero-order chi connectivity index (χ0) is 15.9. The van der Waals surface area contributed by atoms with Crippen molar-refractivity contribution in [2.24, 2.45) is 17.3 Å². The number of rotatable bonds is 3. The number of cyclic esters (lactones) is 1. The van der Waals surface area contributed by atoms with Crippen molar-refractivity contribution >= 4 is 27.9 Å². The second-order valence-corrected chi connectivity index (χ2v) is 7.49. The lowest BCUT2D eigenvalue weighted by Crippen LogP contribution is -2.51. The zero-order valence-corrected chi connectivity index (χ0v) is 13.8. The van der Waals surface area contributed by atoms with Crippen molar-refractivity contribution in [2.45, 2.75) is 45.5 Å². The van der Waals surface area contributed by atoms with Crippen LogP contribution in [-0.4, -0.2) is 34.4 Å². The summed E-state index contributed by atoms with van der Waals surface area (Å²) in [5.74, 6) is -2.61. The summed E-state index contributed by atoms with van der Waals surface area (Å²) in [4.78, 5) is 21.6. The van der Waals surface area contributed by atoms with Crippen LogP contribution < -0.4 is 0 Å². The second-order valence-electron chi connectivity index (χ2n) is 6.44. The van der Waals surface area contributed by atoms with Gasteiger partial charge in [-0.25, -0.2) is 9.69 Å². The maximum atomic E-state index is 13.8. The average molecular weight is 356 g/mol. The minimum Gasteiger partial charge on any atom is -0.447 e. The van der Waals surface area contributed by atoms with Crippen LogP contribution in [0.2, 0.25) is 0 Å². The lowest BCUT2D eigenvalue weighted by molar-refractivity contribution is -0.147. The maximum absolute atomic E-state index is 13.8. The van der Waals surface area contributed by atoms with E-state index < -0.39 is 34.2 Å². The second kappa shape index (κ2) is 5.58. The van der Waals surface area contributed by atoms with Crippen molar-refractivity contribution in [2.75, 3.05) is 6.61 Å². The highest BCUT2D eigenvalue weighted by Crippen LogP contribution is 2.44. The smallest absolute Gasteiger partial charge is 0.416 e. The lowest BCUT2D eigenvalue weighted by Gasteiger charge is -2.36. The first kappa shape index (κ1) is 17.3. The fourth-order valence-electron chi connectivity index (χ4n) is 2.32. The van der Waals surface area contributed by atoms with Crippen LogP contribution in [0.1, 0.15) is 34.6 Å². The molecule has 0 aliphatic carbocycles. The zero-order valence-electron chi connectivity index (χ0n) is 12.2. The normalized spacial score (nSPS) is 22.1. The molecule has 1 rings (SSSR count).